The molecule has 0 amide bonds. The molecule has 79 heavy (non-hydrogen) atoms. The van der Waals surface area contributed by atoms with Crippen LogP contribution in [0, 0.1) is 0 Å². The third-order valence-corrected chi connectivity index (χ3v) is 14.8. The van der Waals surface area contributed by atoms with E-state index in [0.29, 0.717) is 19.3 Å². The first-order valence-corrected chi connectivity index (χ1v) is 34.1. The number of rotatable bonds is 62. The Bertz CT molecular complexity index is 1500. The van der Waals surface area contributed by atoms with Crippen molar-refractivity contribution in [3.63, 3.8) is 0 Å². The molecule has 0 bridgehead atoms. The molecule has 0 aromatic carbocycles. The largest absolute Gasteiger partial charge is 0.462 e. The van der Waals surface area contributed by atoms with Crippen molar-refractivity contribution in [1.82, 2.24) is 0 Å². The van der Waals surface area contributed by atoms with Gasteiger partial charge in [0.1, 0.15) is 13.2 Å². The monoisotopic (exact) mass is 1100 g/mol. The van der Waals surface area contributed by atoms with Gasteiger partial charge < -0.3 is 14.2 Å². The summed E-state index contributed by atoms with van der Waals surface area (Å²) in [6, 6.07) is 0. The first-order valence-electron chi connectivity index (χ1n) is 34.1. The van der Waals surface area contributed by atoms with Crippen LogP contribution in [0.2, 0.25) is 0 Å². The second-order valence-electron chi connectivity index (χ2n) is 22.7. The number of hydrogen-bond donors (Lipinski definition) is 0. The third kappa shape index (κ3) is 65.3. The van der Waals surface area contributed by atoms with Gasteiger partial charge in [0.15, 0.2) is 6.10 Å². The van der Waals surface area contributed by atoms with Crippen molar-refractivity contribution in [2.75, 3.05) is 13.2 Å². The van der Waals surface area contributed by atoms with Crippen LogP contribution in [0.3, 0.4) is 0 Å². The maximum Gasteiger partial charge on any atom is 0.306 e. The minimum Gasteiger partial charge on any atom is -0.462 e. The summed E-state index contributed by atoms with van der Waals surface area (Å²) in [7, 11) is 0. The Morgan fingerprint density at radius 1 is 0.253 bits per heavy atom. The van der Waals surface area contributed by atoms with Crippen molar-refractivity contribution in [3.8, 4) is 0 Å². The van der Waals surface area contributed by atoms with Gasteiger partial charge in [0.05, 0.1) is 0 Å². The first-order chi connectivity index (χ1) is 39.0. The van der Waals surface area contributed by atoms with Crippen molar-refractivity contribution in [2.24, 2.45) is 0 Å². The molecule has 1 unspecified atom stereocenters. The van der Waals surface area contributed by atoms with Gasteiger partial charge in [0.25, 0.3) is 0 Å². The van der Waals surface area contributed by atoms with Gasteiger partial charge in [-0.1, -0.05) is 286 Å². The number of unbranched alkanes of at least 4 members (excludes halogenated alkanes) is 37. The second kappa shape index (κ2) is 67.1. The molecule has 1 atom stereocenters. The molecule has 0 aromatic rings. The predicted octanol–water partition coefficient (Wildman–Crippen LogP) is 23.4. The van der Waals surface area contributed by atoms with Gasteiger partial charge in [-0.25, -0.2) is 0 Å². The van der Waals surface area contributed by atoms with Crippen LogP contribution in [0.1, 0.15) is 342 Å². The maximum absolute atomic E-state index is 12.9. The van der Waals surface area contributed by atoms with Gasteiger partial charge in [-0.3, -0.25) is 14.4 Å². The van der Waals surface area contributed by atoms with Crippen LogP contribution in [-0.4, -0.2) is 37.2 Å². The summed E-state index contributed by atoms with van der Waals surface area (Å²) >= 11 is 0. The highest BCUT2D eigenvalue weighted by atomic mass is 16.6. The van der Waals surface area contributed by atoms with E-state index in [2.05, 4.69) is 106 Å². The van der Waals surface area contributed by atoms with Gasteiger partial charge in [0.2, 0.25) is 0 Å². The SMILES string of the molecule is CCCCC/C=C\C/C=C\CCCCCCCC(=O)OCC(COC(=O)CCCCCCCCCC/C=C\C/C=C\C/C=C\CCCCCCC)OC(=O)CCCCCCCCCCCCC/C=C\C/C=C\CCCCCCC. The van der Waals surface area contributed by atoms with Crippen LogP contribution >= 0.6 is 0 Å². The Hall–Kier alpha value is -3.41. The van der Waals surface area contributed by atoms with Crippen LogP contribution in [-0.2, 0) is 28.6 Å². The van der Waals surface area contributed by atoms with E-state index in [0.717, 1.165) is 103 Å². The average Bonchev–Trinajstić information content (AvgIpc) is 3.45. The molecule has 0 saturated heterocycles. The number of allylic oxidation sites excluding steroid dienone is 14. The Balaban J connectivity index is 4.37. The van der Waals surface area contributed by atoms with Crippen molar-refractivity contribution in [1.29, 1.82) is 0 Å². The standard InChI is InChI=1S/C73H128O6/c1-4-7-10-13-16-19-22-25-28-30-32-34-36-38-40-42-45-48-51-54-57-60-63-66-72(75)78-69-70(68-77-71(74)65-62-59-56-53-50-47-44-27-24-21-18-15-12-9-6-3)79-73(76)67-64-61-58-55-52-49-46-43-41-39-37-35-33-31-29-26-23-20-17-14-11-8-5-2/h18,21-23,25-27,30-33,36,38,44,70H,4-17,19-20,24,28-29,34-35,37,39-43,45-69H2,1-3H3/b21-18-,25-22-,26-23-,32-30-,33-31-,38-36-,44-27-. The van der Waals surface area contributed by atoms with E-state index < -0.39 is 6.10 Å². The fourth-order valence-corrected chi connectivity index (χ4v) is 9.69. The van der Waals surface area contributed by atoms with Crippen molar-refractivity contribution in [2.45, 2.75) is 348 Å². The molecule has 0 heterocycles. The normalized spacial score (nSPS) is 12.6. The summed E-state index contributed by atoms with van der Waals surface area (Å²) in [4.78, 5) is 38.4. The summed E-state index contributed by atoms with van der Waals surface area (Å²) < 4.78 is 17.0. The fourth-order valence-electron chi connectivity index (χ4n) is 9.69. The molecule has 6 heteroatoms. The molecule has 456 valence electrons. The van der Waals surface area contributed by atoms with E-state index in [1.807, 2.05) is 0 Å². The molecule has 0 aliphatic carbocycles. The molecular formula is C73H128O6. The fraction of sp³-hybridized carbons (Fsp3) is 0.767. The predicted molar refractivity (Wildman–Crippen MR) is 344 cm³/mol. The molecule has 6 nitrogen and oxygen atoms in total. The van der Waals surface area contributed by atoms with Gasteiger partial charge in [0, 0.05) is 19.3 Å². The lowest BCUT2D eigenvalue weighted by Crippen LogP contribution is -2.30. The highest BCUT2D eigenvalue weighted by Crippen LogP contribution is 2.16. The van der Waals surface area contributed by atoms with Crippen LogP contribution < -0.4 is 0 Å². The Kier molecular flexibility index (Phi) is 64.2. The first kappa shape index (κ1) is 75.6. The van der Waals surface area contributed by atoms with Gasteiger partial charge >= 0.3 is 17.9 Å². The van der Waals surface area contributed by atoms with Crippen LogP contribution in [0.25, 0.3) is 0 Å². The van der Waals surface area contributed by atoms with Gasteiger partial charge in [-0.15, -0.1) is 0 Å². The molecule has 0 radical (unpaired) electrons. The Labute approximate surface area is 490 Å². The topological polar surface area (TPSA) is 78.9 Å². The van der Waals surface area contributed by atoms with Gasteiger partial charge in [-0.2, -0.15) is 0 Å². The van der Waals surface area contributed by atoms with E-state index in [1.165, 1.54) is 199 Å². The Morgan fingerprint density at radius 3 is 0.734 bits per heavy atom. The summed E-state index contributed by atoms with van der Waals surface area (Å²) in [5, 5.41) is 0. The summed E-state index contributed by atoms with van der Waals surface area (Å²) in [6.45, 7) is 6.61. The zero-order valence-electron chi connectivity index (χ0n) is 52.4. The third-order valence-electron chi connectivity index (χ3n) is 14.8. The summed E-state index contributed by atoms with van der Waals surface area (Å²) in [6.07, 6.45) is 88.7. The molecule has 0 aliphatic rings. The molecular weight excluding hydrogens is 973 g/mol. The molecule has 0 N–H and O–H groups in total. The number of esters is 3. The lowest BCUT2D eigenvalue weighted by atomic mass is 10.0. The van der Waals surface area contributed by atoms with E-state index in [-0.39, 0.29) is 31.1 Å². The van der Waals surface area contributed by atoms with Gasteiger partial charge in [-0.05, 0) is 122 Å². The molecule has 0 fully saturated rings. The molecule has 0 rings (SSSR count). The number of hydrogen-bond acceptors (Lipinski definition) is 6. The number of ether oxygens (including phenoxy) is 3. The lowest BCUT2D eigenvalue weighted by Gasteiger charge is -2.18. The highest BCUT2D eigenvalue weighted by molar-refractivity contribution is 5.71. The smallest absolute Gasteiger partial charge is 0.306 e. The lowest BCUT2D eigenvalue weighted by molar-refractivity contribution is -0.167. The molecule has 0 aliphatic heterocycles. The van der Waals surface area contributed by atoms with Crippen molar-refractivity contribution < 1.29 is 28.6 Å². The van der Waals surface area contributed by atoms with E-state index in [1.54, 1.807) is 0 Å². The molecule has 0 aromatic heterocycles. The zero-order valence-corrected chi connectivity index (χ0v) is 52.4. The van der Waals surface area contributed by atoms with Crippen molar-refractivity contribution >= 4 is 17.9 Å². The molecule has 0 saturated carbocycles. The quantitative estimate of drug-likeness (QED) is 0.0261. The van der Waals surface area contributed by atoms with E-state index in [9.17, 15) is 14.4 Å². The van der Waals surface area contributed by atoms with Crippen LogP contribution in [0.15, 0.2) is 85.1 Å². The second-order valence-corrected chi connectivity index (χ2v) is 22.7. The van der Waals surface area contributed by atoms with E-state index >= 15 is 0 Å². The van der Waals surface area contributed by atoms with Crippen LogP contribution in [0.5, 0.6) is 0 Å². The van der Waals surface area contributed by atoms with Crippen LogP contribution in [0.4, 0.5) is 0 Å². The average molecular weight is 1100 g/mol. The van der Waals surface area contributed by atoms with Crippen molar-refractivity contribution in [3.05, 3.63) is 85.1 Å². The summed E-state index contributed by atoms with van der Waals surface area (Å²) in [5.41, 5.74) is 0. The highest BCUT2D eigenvalue weighted by Gasteiger charge is 2.19. The zero-order chi connectivity index (χ0) is 57.1. The maximum atomic E-state index is 12.9. The number of carbonyl (C=O) groups is 3. The van der Waals surface area contributed by atoms with E-state index in [4.69, 9.17) is 14.2 Å². The Morgan fingerprint density at radius 2 is 0.456 bits per heavy atom. The minimum atomic E-state index is -0.789. The summed E-state index contributed by atoms with van der Waals surface area (Å²) in [5.74, 6) is -0.892. The number of carbonyl (C=O) groups excluding carboxylic acids is 3. The molecule has 0 spiro atoms. The minimum absolute atomic E-state index is 0.0847.